The van der Waals surface area contributed by atoms with E-state index in [4.69, 9.17) is 4.74 Å². The molecule has 17 heavy (non-hydrogen) atoms. The third-order valence-corrected chi connectivity index (χ3v) is 4.74. The number of ether oxygens (including phenoxy) is 1. The minimum atomic E-state index is -0.742. The van der Waals surface area contributed by atoms with E-state index in [1.54, 1.807) is 0 Å². The summed E-state index contributed by atoms with van der Waals surface area (Å²) in [6, 6.07) is 0. The van der Waals surface area contributed by atoms with Gasteiger partial charge in [-0.2, -0.15) is 0 Å². The number of aliphatic hydroxyl groups is 2. The summed E-state index contributed by atoms with van der Waals surface area (Å²) >= 11 is 0. The van der Waals surface area contributed by atoms with Gasteiger partial charge in [-0.1, -0.05) is 6.92 Å². The maximum atomic E-state index is 10.9. The highest BCUT2D eigenvalue weighted by Gasteiger charge is 2.51. The molecule has 0 radical (unpaired) electrons. The number of likely N-dealkylation sites (tertiary alicyclic amines) is 1. The van der Waals surface area contributed by atoms with Gasteiger partial charge in [0.15, 0.2) is 0 Å². The van der Waals surface area contributed by atoms with Crippen LogP contribution in [0.25, 0.3) is 0 Å². The molecule has 0 aromatic heterocycles. The molecule has 2 saturated heterocycles. The van der Waals surface area contributed by atoms with E-state index in [0.29, 0.717) is 6.61 Å². The van der Waals surface area contributed by atoms with Crippen molar-refractivity contribution in [2.75, 3.05) is 39.5 Å². The molecule has 0 aromatic rings. The van der Waals surface area contributed by atoms with Crippen LogP contribution in [-0.4, -0.2) is 60.2 Å². The van der Waals surface area contributed by atoms with Crippen LogP contribution in [0.15, 0.2) is 0 Å². The Hall–Kier alpha value is -0.160. The molecular formula is C13H25NO3. The number of aliphatic hydroxyl groups excluding tert-OH is 1. The van der Waals surface area contributed by atoms with Gasteiger partial charge in [-0.25, -0.2) is 0 Å². The van der Waals surface area contributed by atoms with Crippen molar-refractivity contribution in [2.24, 2.45) is 5.41 Å². The first-order valence-electron chi connectivity index (χ1n) is 6.79. The van der Waals surface area contributed by atoms with Crippen LogP contribution in [0.1, 0.15) is 32.6 Å². The second-order valence-electron chi connectivity index (χ2n) is 5.56. The Bertz CT molecular complexity index is 243. The molecule has 2 aliphatic heterocycles. The average molecular weight is 243 g/mol. The Morgan fingerprint density at radius 3 is 2.41 bits per heavy atom. The molecule has 0 aromatic carbocycles. The Balaban J connectivity index is 2.08. The van der Waals surface area contributed by atoms with Crippen LogP contribution >= 0.6 is 0 Å². The van der Waals surface area contributed by atoms with Crippen molar-refractivity contribution in [3.8, 4) is 0 Å². The summed E-state index contributed by atoms with van der Waals surface area (Å²) in [5, 5.41) is 20.6. The summed E-state index contributed by atoms with van der Waals surface area (Å²) in [5.41, 5.74) is -1.17. The molecule has 100 valence electrons. The Labute approximate surface area is 104 Å². The molecule has 0 bridgehead atoms. The van der Waals surface area contributed by atoms with Crippen LogP contribution in [0.5, 0.6) is 0 Å². The van der Waals surface area contributed by atoms with Crippen LogP contribution in [0.3, 0.4) is 0 Å². The predicted molar refractivity (Wildman–Crippen MR) is 65.9 cm³/mol. The number of rotatable bonds is 3. The molecule has 2 aliphatic rings. The van der Waals surface area contributed by atoms with E-state index >= 15 is 0 Å². The van der Waals surface area contributed by atoms with E-state index in [1.165, 1.54) is 0 Å². The van der Waals surface area contributed by atoms with E-state index in [-0.39, 0.29) is 6.61 Å². The first kappa shape index (κ1) is 13.3. The molecule has 2 heterocycles. The van der Waals surface area contributed by atoms with Crippen LogP contribution in [0.4, 0.5) is 0 Å². The SMILES string of the molecule is CCN1CCC(O)(C2(CO)CCCOC2)CC1. The lowest BCUT2D eigenvalue weighted by atomic mass is 9.65. The molecule has 2 fully saturated rings. The second kappa shape index (κ2) is 5.22. The van der Waals surface area contributed by atoms with E-state index in [9.17, 15) is 10.2 Å². The first-order valence-corrected chi connectivity index (χ1v) is 6.79. The summed E-state index contributed by atoms with van der Waals surface area (Å²) in [5.74, 6) is 0. The highest BCUT2D eigenvalue weighted by atomic mass is 16.5. The summed E-state index contributed by atoms with van der Waals surface area (Å²) in [4.78, 5) is 2.35. The molecule has 1 atom stereocenters. The van der Waals surface area contributed by atoms with E-state index in [0.717, 1.165) is 51.9 Å². The molecular weight excluding hydrogens is 218 g/mol. The highest BCUT2D eigenvalue weighted by Crippen LogP contribution is 2.44. The fourth-order valence-corrected chi connectivity index (χ4v) is 3.26. The molecule has 2 N–H and O–H groups in total. The van der Waals surface area contributed by atoms with Gasteiger partial charge in [0.1, 0.15) is 0 Å². The molecule has 0 saturated carbocycles. The minimum absolute atomic E-state index is 0.0373. The zero-order chi connectivity index (χ0) is 12.4. The number of hydrogen-bond acceptors (Lipinski definition) is 4. The standard InChI is InChI=1S/C13H25NO3/c1-2-14-7-5-13(16,6-8-14)12(10-15)4-3-9-17-11-12/h15-16H,2-11H2,1H3. The van der Waals surface area contributed by atoms with Gasteiger partial charge in [-0.3, -0.25) is 0 Å². The predicted octanol–water partition coefficient (Wildman–Crippen LogP) is 0.622. The van der Waals surface area contributed by atoms with Crippen molar-refractivity contribution >= 4 is 0 Å². The van der Waals surface area contributed by atoms with Crippen LogP contribution in [0.2, 0.25) is 0 Å². The zero-order valence-corrected chi connectivity index (χ0v) is 10.8. The summed E-state index contributed by atoms with van der Waals surface area (Å²) in [6.45, 7) is 6.35. The van der Waals surface area contributed by atoms with Gasteiger partial charge < -0.3 is 19.8 Å². The van der Waals surface area contributed by atoms with Crippen molar-refractivity contribution in [2.45, 2.75) is 38.2 Å². The fraction of sp³-hybridized carbons (Fsp3) is 1.00. The normalized spacial score (nSPS) is 34.8. The zero-order valence-electron chi connectivity index (χ0n) is 10.8. The van der Waals surface area contributed by atoms with E-state index in [1.807, 2.05) is 0 Å². The van der Waals surface area contributed by atoms with Gasteiger partial charge in [0.2, 0.25) is 0 Å². The van der Waals surface area contributed by atoms with Gasteiger partial charge in [0.05, 0.1) is 18.8 Å². The van der Waals surface area contributed by atoms with Crippen LogP contribution < -0.4 is 0 Å². The van der Waals surface area contributed by atoms with Crippen molar-refractivity contribution in [3.63, 3.8) is 0 Å². The molecule has 4 nitrogen and oxygen atoms in total. The third-order valence-electron chi connectivity index (χ3n) is 4.74. The first-order chi connectivity index (χ1) is 8.16. The van der Waals surface area contributed by atoms with E-state index in [2.05, 4.69) is 11.8 Å². The maximum absolute atomic E-state index is 10.9. The second-order valence-corrected chi connectivity index (χ2v) is 5.56. The Kier molecular flexibility index (Phi) is 4.08. The lowest BCUT2D eigenvalue weighted by molar-refractivity contribution is -0.186. The third kappa shape index (κ3) is 2.36. The number of piperidine rings is 1. The van der Waals surface area contributed by atoms with Crippen molar-refractivity contribution < 1.29 is 14.9 Å². The van der Waals surface area contributed by atoms with Crippen molar-refractivity contribution in [3.05, 3.63) is 0 Å². The van der Waals surface area contributed by atoms with Gasteiger partial charge in [0.25, 0.3) is 0 Å². The summed E-state index contributed by atoms with van der Waals surface area (Å²) in [7, 11) is 0. The number of nitrogens with zero attached hydrogens (tertiary/aromatic N) is 1. The highest BCUT2D eigenvalue weighted by molar-refractivity contribution is 5.02. The fourth-order valence-electron chi connectivity index (χ4n) is 3.26. The van der Waals surface area contributed by atoms with Crippen LogP contribution in [0, 0.1) is 5.41 Å². The monoisotopic (exact) mass is 243 g/mol. The summed E-state index contributed by atoms with van der Waals surface area (Å²) < 4.78 is 5.51. The smallest absolute Gasteiger partial charge is 0.0772 e. The molecule has 0 spiro atoms. The van der Waals surface area contributed by atoms with Gasteiger partial charge >= 0.3 is 0 Å². The quantitative estimate of drug-likeness (QED) is 0.763. The van der Waals surface area contributed by atoms with Gasteiger partial charge in [-0.05, 0) is 32.2 Å². The molecule has 2 rings (SSSR count). The topological polar surface area (TPSA) is 52.9 Å². The Morgan fingerprint density at radius 1 is 1.24 bits per heavy atom. The molecule has 1 unspecified atom stereocenters. The number of hydrogen-bond donors (Lipinski definition) is 2. The van der Waals surface area contributed by atoms with Crippen LogP contribution in [-0.2, 0) is 4.74 Å². The van der Waals surface area contributed by atoms with Crippen molar-refractivity contribution in [1.82, 2.24) is 4.90 Å². The molecule has 4 heteroatoms. The minimum Gasteiger partial charge on any atom is -0.396 e. The summed E-state index contributed by atoms with van der Waals surface area (Å²) in [6.07, 6.45) is 3.34. The van der Waals surface area contributed by atoms with Gasteiger partial charge in [-0.15, -0.1) is 0 Å². The van der Waals surface area contributed by atoms with Crippen molar-refractivity contribution in [1.29, 1.82) is 0 Å². The van der Waals surface area contributed by atoms with Gasteiger partial charge in [0, 0.05) is 25.1 Å². The lowest BCUT2D eigenvalue weighted by Crippen LogP contribution is -2.59. The largest absolute Gasteiger partial charge is 0.396 e. The van der Waals surface area contributed by atoms with E-state index < -0.39 is 11.0 Å². The average Bonchev–Trinajstić information content (AvgIpc) is 2.40. The maximum Gasteiger partial charge on any atom is 0.0772 e. The lowest BCUT2D eigenvalue weighted by Gasteiger charge is -2.51. The molecule has 0 aliphatic carbocycles. The molecule has 0 amide bonds. The Morgan fingerprint density at radius 2 is 1.94 bits per heavy atom.